The van der Waals surface area contributed by atoms with E-state index in [-0.39, 0.29) is 11.5 Å². The predicted molar refractivity (Wildman–Crippen MR) is 95.4 cm³/mol. The SMILES string of the molecule is CCNC(=O)c1cc2c(=O)[nH]cc(-c3cc(C)ccc3C)c2s1. The molecule has 0 aliphatic heterocycles. The number of benzene rings is 1. The van der Waals surface area contributed by atoms with Gasteiger partial charge >= 0.3 is 0 Å². The van der Waals surface area contributed by atoms with Crippen molar-refractivity contribution in [1.29, 1.82) is 0 Å². The number of amides is 1. The Kier molecular flexibility index (Phi) is 4.05. The molecular weight excluding hydrogens is 308 g/mol. The van der Waals surface area contributed by atoms with Crippen molar-refractivity contribution in [2.45, 2.75) is 20.8 Å². The summed E-state index contributed by atoms with van der Waals surface area (Å²) in [5.41, 5.74) is 4.17. The van der Waals surface area contributed by atoms with E-state index in [1.54, 1.807) is 12.3 Å². The lowest BCUT2D eigenvalue weighted by Crippen LogP contribution is -2.21. The number of thiophene rings is 1. The highest BCUT2D eigenvalue weighted by Crippen LogP contribution is 2.34. The third-order valence-corrected chi connectivity index (χ3v) is 4.98. The van der Waals surface area contributed by atoms with Gasteiger partial charge in [0, 0.05) is 23.0 Å². The molecule has 0 unspecified atom stereocenters. The molecule has 0 atom stereocenters. The van der Waals surface area contributed by atoms with Crippen LogP contribution < -0.4 is 10.9 Å². The lowest BCUT2D eigenvalue weighted by Gasteiger charge is -2.08. The lowest BCUT2D eigenvalue weighted by atomic mass is 9.99. The van der Waals surface area contributed by atoms with Crippen LogP contribution in [0.4, 0.5) is 0 Å². The molecule has 5 heteroatoms. The molecule has 2 heterocycles. The van der Waals surface area contributed by atoms with E-state index < -0.39 is 0 Å². The Hall–Kier alpha value is -2.40. The van der Waals surface area contributed by atoms with Crippen molar-refractivity contribution >= 4 is 27.3 Å². The van der Waals surface area contributed by atoms with Crippen LogP contribution in [-0.2, 0) is 0 Å². The number of H-pyrrole nitrogens is 1. The second-order valence-corrected chi connectivity index (χ2v) is 6.61. The molecule has 1 aromatic carbocycles. The minimum Gasteiger partial charge on any atom is -0.352 e. The van der Waals surface area contributed by atoms with Crippen molar-refractivity contribution in [3.63, 3.8) is 0 Å². The maximum Gasteiger partial charge on any atom is 0.261 e. The molecule has 0 aliphatic carbocycles. The van der Waals surface area contributed by atoms with E-state index >= 15 is 0 Å². The average Bonchev–Trinajstić information content (AvgIpc) is 2.97. The number of aryl methyl sites for hydroxylation is 2. The average molecular weight is 326 g/mol. The highest BCUT2D eigenvalue weighted by Gasteiger charge is 2.16. The van der Waals surface area contributed by atoms with Gasteiger partial charge in [-0.2, -0.15) is 0 Å². The molecule has 0 aliphatic rings. The molecule has 0 saturated heterocycles. The number of nitrogens with one attached hydrogen (secondary N) is 2. The third-order valence-electron chi connectivity index (χ3n) is 3.81. The summed E-state index contributed by atoms with van der Waals surface area (Å²) in [5.74, 6) is -0.139. The quantitative estimate of drug-likeness (QED) is 0.772. The fourth-order valence-corrected chi connectivity index (χ4v) is 3.73. The van der Waals surface area contributed by atoms with Crippen LogP contribution in [0.1, 0.15) is 27.7 Å². The zero-order valence-electron chi connectivity index (χ0n) is 13.3. The van der Waals surface area contributed by atoms with Crippen LogP contribution in [0, 0.1) is 13.8 Å². The largest absolute Gasteiger partial charge is 0.352 e. The molecule has 1 amide bonds. The summed E-state index contributed by atoms with van der Waals surface area (Å²) in [6.45, 7) is 6.53. The van der Waals surface area contributed by atoms with Crippen LogP contribution in [0.3, 0.4) is 0 Å². The Balaban J connectivity index is 2.26. The van der Waals surface area contributed by atoms with E-state index in [0.717, 1.165) is 27.0 Å². The van der Waals surface area contributed by atoms with E-state index in [9.17, 15) is 9.59 Å². The Morgan fingerprint density at radius 1 is 1.22 bits per heavy atom. The number of rotatable bonds is 3. The summed E-state index contributed by atoms with van der Waals surface area (Å²) in [6.07, 6.45) is 1.74. The van der Waals surface area contributed by atoms with Crippen molar-refractivity contribution in [3.05, 3.63) is 56.8 Å². The summed E-state index contributed by atoms with van der Waals surface area (Å²) >= 11 is 1.36. The third kappa shape index (κ3) is 2.80. The first-order valence-corrected chi connectivity index (χ1v) is 8.34. The topological polar surface area (TPSA) is 62.0 Å². The number of pyridine rings is 1. The van der Waals surface area contributed by atoms with Crippen molar-refractivity contribution in [2.75, 3.05) is 6.54 Å². The van der Waals surface area contributed by atoms with Gasteiger partial charge in [0.15, 0.2) is 0 Å². The van der Waals surface area contributed by atoms with E-state index in [1.165, 1.54) is 11.3 Å². The molecule has 23 heavy (non-hydrogen) atoms. The highest BCUT2D eigenvalue weighted by molar-refractivity contribution is 7.21. The van der Waals surface area contributed by atoms with Gasteiger partial charge in [-0.15, -0.1) is 11.3 Å². The van der Waals surface area contributed by atoms with Crippen molar-refractivity contribution < 1.29 is 4.79 Å². The molecule has 3 aromatic rings. The number of aromatic nitrogens is 1. The number of hydrogen-bond acceptors (Lipinski definition) is 3. The summed E-state index contributed by atoms with van der Waals surface area (Å²) in [4.78, 5) is 27.6. The lowest BCUT2D eigenvalue weighted by molar-refractivity contribution is 0.0960. The molecule has 0 fully saturated rings. The number of carbonyl (C=O) groups excluding carboxylic acids is 1. The fourth-order valence-electron chi connectivity index (χ4n) is 2.63. The van der Waals surface area contributed by atoms with Crippen molar-refractivity contribution in [3.8, 4) is 11.1 Å². The first-order valence-electron chi connectivity index (χ1n) is 7.52. The van der Waals surface area contributed by atoms with Crippen LogP contribution in [0.15, 0.2) is 35.3 Å². The molecule has 118 valence electrons. The first-order chi connectivity index (χ1) is 11.0. The Bertz CT molecular complexity index is 953. The van der Waals surface area contributed by atoms with Gasteiger partial charge in [0.1, 0.15) is 0 Å². The van der Waals surface area contributed by atoms with E-state index in [0.29, 0.717) is 16.8 Å². The van der Waals surface area contributed by atoms with Gasteiger partial charge in [0.05, 0.1) is 10.3 Å². The number of hydrogen-bond donors (Lipinski definition) is 2. The normalized spacial score (nSPS) is 10.9. The van der Waals surface area contributed by atoms with Gasteiger partial charge in [-0.25, -0.2) is 0 Å². The molecule has 0 spiro atoms. The molecule has 2 N–H and O–H groups in total. The van der Waals surface area contributed by atoms with Gasteiger partial charge in [-0.3, -0.25) is 9.59 Å². The summed E-state index contributed by atoms with van der Waals surface area (Å²) < 4.78 is 0.851. The van der Waals surface area contributed by atoms with E-state index in [2.05, 4.69) is 28.5 Å². The Morgan fingerprint density at radius 2 is 2.00 bits per heavy atom. The molecule has 0 saturated carbocycles. The Labute approximate surface area is 138 Å². The summed E-state index contributed by atoms with van der Waals surface area (Å²) in [5, 5.41) is 3.35. The van der Waals surface area contributed by atoms with Gasteiger partial charge in [0.25, 0.3) is 11.5 Å². The minimum atomic E-state index is -0.166. The zero-order valence-corrected chi connectivity index (χ0v) is 14.1. The molecular formula is C18H18N2O2S. The summed E-state index contributed by atoms with van der Waals surface area (Å²) in [7, 11) is 0. The second-order valence-electron chi connectivity index (χ2n) is 5.56. The smallest absolute Gasteiger partial charge is 0.261 e. The molecule has 4 nitrogen and oxygen atoms in total. The van der Waals surface area contributed by atoms with Crippen LogP contribution in [0.2, 0.25) is 0 Å². The van der Waals surface area contributed by atoms with Gasteiger partial charge in [-0.05, 0) is 38.0 Å². The fraction of sp³-hybridized carbons (Fsp3) is 0.222. The highest BCUT2D eigenvalue weighted by atomic mass is 32.1. The van der Waals surface area contributed by atoms with Crippen LogP contribution >= 0.6 is 11.3 Å². The van der Waals surface area contributed by atoms with Crippen molar-refractivity contribution in [2.24, 2.45) is 0 Å². The maximum atomic E-state index is 12.1. The number of carbonyl (C=O) groups is 1. The first kappa shape index (κ1) is 15.5. The standard InChI is InChI=1S/C18H18N2O2S/c1-4-19-18(22)15-8-13-16(23-15)14(9-20-17(13)21)12-7-10(2)5-6-11(12)3/h5-9H,4H2,1-3H3,(H,19,22)(H,20,21). The maximum absolute atomic E-state index is 12.1. The summed E-state index contributed by atoms with van der Waals surface area (Å²) in [6, 6.07) is 7.92. The van der Waals surface area contributed by atoms with Crippen LogP contribution in [0.25, 0.3) is 21.2 Å². The van der Waals surface area contributed by atoms with Crippen LogP contribution in [-0.4, -0.2) is 17.4 Å². The second kappa shape index (κ2) is 6.01. The molecule has 3 rings (SSSR count). The van der Waals surface area contributed by atoms with Gasteiger partial charge in [0.2, 0.25) is 0 Å². The monoisotopic (exact) mass is 326 g/mol. The number of aromatic amines is 1. The van der Waals surface area contributed by atoms with E-state index in [4.69, 9.17) is 0 Å². The molecule has 0 bridgehead atoms. The molecule has 0 radical (unpaired) electrons. The zero-order chi connectivity index (χ0) is 16.6. The number of fused-ring (bicyclic) bond motifs is 1. The van der Waals surface area contributed by atoms with Gasteiger partial charge < -0.3 is 10.3 Å². The molecule has 2 aromatic heterocycles. The Morgan fingerprint density at radius 3 is 2.74 bits per heavy atom. The van der Waals surface area contributed by atoms with Crippen LogP contribution in [0.5, 0.6) is 0 Å². The van der Waals surface area contributed by atoms with Crippen molar-refractivity contribution in [1.82, 2.24) is 10.3 Å². The van der Waals surface area contributed by atoms with Gasteiger partial charge in [-0.1, -0.05) is 23.8 Å². The minimum absolute atomic E-state index is 0.139. The predicted octanol–water partition coefficient (Wildman–Crippen LogP) is 3.62. The van der Waals surface area contributed by atoms with E-state index in [1.807, 2.05) is 20.8 Å².